The Balaban J connectivity index is 0.00000147. The Morgan fingerprint density at radius 1 is 1.10 bits per heavy atom. The quantitative estimate of drug-likeness (QED) is 0.230. The van der Waals surface area contributed by atoms with Gasteiger partial charge in [0.1, 0.15) is 0 Å². The third-order valence-corrected chi connectivity index (χ3v) is 3.15. The number of fused-ring (bicyclic) bond motifs is 2. The molecule has 0 amide bonds. The molecule has 0 saturated heterocycles. The van der Waals surface area contributed by atoms with Gasteiger partial charge in [0.15, 0.2) is 0 Å². The van der Waals surface area contributed by atoms with E-state index in [9.17, 15) is 10.1 Å². The predicted octanol–water partition coefficient (Wildman–Crippen LogP) is 0.714. The van der Waals surface area contributed by atoms with Gasteiger partial charge in [-0.2, -0.15) is 0 Å². The van der Waals surface area contributed by atoms with Gasteiger partial charge in [-0.05, 0) is 0 Å². The number of methoxy groups -OCH3 is 1. The van der Waals surface area contributed by atoms with E-state index < -0.39 is 0 Å². The fourth-order valence-electron chi connectivity index (χ4n) is 2.40. The number of nitro benzene ring substituents is 1. The van der Waals surface area contributed by atoms with E-state index in [0.717, 1.165) is 5.39 Å². The van der Waals surface area contributed by atoms with Crippen LogP contribution in [0.5, 0.6) is 5.75 Å². The molecule has 0 aromatic heterocycles. The Morgan fingerprint density at radius 3 is 2.40 bits per heavy atom. The number of ether oxygens (including phenoxy) is 1. The van der Waals surface area contributed by atoms with E-state index in [0.29, 0.717) is 21.9 Å². The Labute approximate surface area is 158 Å². The van der Waals surface area contributed by atoms with Crippen LogP contribution in [0.4, 0.5) is 5.69 Å². The first kappa shape index (κ1) is 15.4. The summed E-state index contributed by atoms with van der Waals surface area (Å²) in [6, 6.07) is 15.4. The standard InChI is InChI=1S/C15H10NO3.K/c1-19-15-12-8-4-2-6-10(12)14(16(17)18)11-7-3-5-9-13(11)15;/h2-6,8-9H,1H3;/q-1;+1. The van der Waals surface area contributed by atoms with E-state index in [4.69, 9.17) is 4.74 Å². The van der Waals surface area contributed by atoms with Gasteiger partial charge < -0.3 is 4.74 Å². The van der Waals surface area contributed by atoms with Gasteiger partial charge in [0, 0.05) is 15.7 Å². The average molecular weight is 291 g/mol. The third-order valence-electron chi connectivity index (χ3n) is 3.15. The number of benzene rings is 3. The summed E-state index contributed by atoms with van der Waals surface area (Å²) >= 11 is 0. The molecule has 0 aliphatic carbocycles. The molecule has 5 heteroatoms. The maximum absolute atomic E-state index is 11.4. The number of non-ortho nitro benzene ring substituents is 1. The number of hydrogen-bond acceptors (Lipinski definition) is 3. The molecule has 3 aromatic carbocycles. The predicted molar refractivity (Wildman–Crippen MR) is 73.5 cm³/mol. The minimum absolute atomic E-state index is 0. The third kappa shape index (κ3) is 2.36. The van der Waals surface area contributed by atoms with Crippen LogP contribution in [0.1, 0.15) is 0 Å². The zero-order valence-corrected chi connectivity index (χ0v) is 14.3. The molecule has 0 unspecified atom stereocenters. The van der Waals surface area contributed by atoms with Gasteiger partial charge in [0.25, 0.3) is 0 Å². The van der Waals surface area contributed by atoms with Crippen LogP contribution in [0.25, 0.3) is 21.5 Å². The van der Waals surface area contributed by atoms with E-state index in [1.807, 2.05) is 18.2 Å². The molecule has 4 nitrogen and oxygen atoms in total. The molecule has 0 N–H and O–H groups in total. The van der Waals surface area contributed by atoms with Crippen molar-refractivity contribution in [3.05, 3.63) is 58.6 Å². The Hall–Kier alpha value is -0.984. The van der Waals surface area contributed by atoms with Gasteiger partial charge in [0.05, 0.1) is 12.9 Å². The Kier molecular flexibility index (Phi) is 4.77. The Morgan fingerprint density at radius 2 is 1.75 bits per heavy atom. The molecule has 0 spiro atoms. The fourth-order valence-corrected chi connectivity index (χ4v) is 2.40. The van der Waals surface area contributed by atoms with Crippen molar-refractivity contribution in [2.24, 2.45) is 0 Å². The summed E-state index contributed by atoms with van der Waals surface area (Å²) < 4.78 is 5.43. The number of hydrogen-bond donors (Lipinski definition) is 0. The van der Waals surface area contributed by atoms with Gasteiger partial charge in [0.2, 0.25) is 5.69 Å². The van der Waals surface area contributed by atoms with E-state index in [-0.39, 0.29) is 62.0 Å². The maximum Gasteiger partial charge on any atom is 1.00 e. The smallest absolute Gasteiger partial charge is 0.505 e. The average Bonchev–Trinajstić information content (AvgIpc) is 2.44. The van der Waals surface area contributed by atoms with Gasteiger partial charge in [-0.15, -0.1) is 24.3 Å². The van der Waals surface area contributed by atoms with Crippen molar-refractivity contribution in [3.8, 4) is 5.75 Å². The minimum atomic E-state index is -0.361. The zero-order chi connectivity index (χ0) is 13.4. The summed E-state index contributed by atoms with van der Waals surface area (Å²) in [7, 11) is 1.57. The van der Waals surface area contributed by atoms with Crippen LogP contribution >= 0.6 is 0 Å². The summed E-state index contributed by atoms with van der Waals surface area (Å²) in [4.78, 5) is 11.0. The first-order chi connectivity index (χ1) is 9.24. The molecule has 0 radical (unpaired) electrons. The van der Waals surface area contributed by atoms with Crippen LogP contribution in [0.2, 0.25) is 0 Å². The van der Waals surface area contributed by atoms with Crippen molar-refractivity contribution in [1.82, 2.24) is 0 Å². The van der Waals surface area contributed by atoms with Crippen molar-refractivity contribution < 1.29 is 61.0 Å². The summed E-state index contributed by atoms with van der Waals surface area (Å²) in [6.45, 7) is 0. The molecular weight excluding hydrogens is 281 g/mol. The molecule has 0 saturated carbocycles. The molecule has 0 aliphatic rings. The second-order valence-corrected chi connectivity index (χ2v) is 4.14. The topological polar surface area (TPSA) is 52.4 Å². The molecule has 3 rings (SSSR count). The fraction of sp³-hybridized carbons (Fsp3) is 0.0667. The van der Waals surface area contributed by atoms with Crippen molar-refractivity contribution in [3.63, 3.8) is 0 Å². The van der Waals surface area contributed by atoms with Crippen molar-refractivity contribution in [1.29, 1.82) is 0 Å². The zero-order valence-electron chi connectivity index (χ0n) is 11.2. The SMILES string of the molecule is COc1c2ccc[c-]c2c([N+](=O)[O-])c2ccccc12.[K+]. The maximum atomic E-state index is 11.4. The van der Waals surface area contributed by atoms with Crippen LogP contribution in [-0.2, 0) is 0 Å². The molecule has 0 aliphatic heterocycles. The van der Waals surface area contributed by atoms with Crippen molar-refractivity contribution in [2.45, 2.75) is 0 Å². The summed E-state index contributed by atoms with van der Waals surface area (Å²) in [6.07, 6.45) is 0. The second kappa shape index (κ2) is 6.20. The second-order valence-electron chi connectivity index (χ2n) is 4.14. The normalized spacial score (nSPS) is 10.2. The molecule has 0 atom stereocenters. The minimum Gasteiger partial charge on any atom is -0.505 e. The monoisotopic (exact) mass is 291 g/mol. The van der Waals surface area contributed by atoms with E-state index in [1.54, 1.807) is 31.4 Å². The van der Waals surface area contributed by atoms with E-state index >= 15 is 0 Å². The van der Waals surface area contributed by atoms with Crippen molar-refractivity contribution in [2.75, 3.05) is 7.11 Å². The van der Waals surface area contributed by atoms with Gasteiger partial charge in [-0.1, -0.05) is 35.0 Å². The molecule has 3 aromatic rings. The van der Waals surface area contributed by atoms with Crippen LogP contribution < -0.4 is 56.1 Å². The van der Waals surface area contributed by atoms with Gasteiger partial charge in [-0.25, -0.2) is 0 Å². The number of nitro groups is 1. The molecule has 20 heavy (non-hydrogen) atoms. The van der Waals surface area contributed by atoms with Gasteiger partial charge >= 0.3 is 51.4 Å². The van der Waals surface area contributed by atoms with Gasteiger partial charge in [-0.3, -0.25) is 10.1 Å². The Bertz CT molecular complexity index is 745. The molecular formula is C15H10KNO3. The molecule has 94 valence electrons. The first-order valence-corrected chi connectivity index (χ1v) is 5.77. The summed E-state index contributed by atoms with van der Waals surface area (Å²) in [5.41, 5.74) is 0.0759. The first-order valence-electron chi connectivity index (χ1n) is 5.77. The van der Waals surface area contributed by atoms with E-state index in [2.05, 4.69) is 6.07 Å². The number of rotatable bonds is 2. The molecule has 0 bridgehead atoms. The molecule has 0 heterocycles. The summed E-state index contributed by atoms with van der Waals surface area (Å²) in [5, 5.41) is 13.9. The largest absolute Gasteiger partial charge is 1.00 e. The van der Waals surface area contributed by atoms with E-state index in [1.165, 1.54) is 0 Å². The van der Waals surface area contributed by atoms with Crippen LogP contribution in [-0.4, -0.2) is 12.0 Å². The van der Waals surface area contributed by atoms with Crippen LogP contribution in [0.3, 0.4) is 0 Å². The van der Waals surface area contributed by atoms with Crippen LogP contribution in [0, 0.1) is 16.2 Å². The van der Waals surface area contributed by atoms with Crippen molar-refractivity contribution >= 4 is 27.2 Å². The van der Waals surface area contributed by atoms with Crippen LogP contribution in [0.15, 0.2) is 42.5 Å². The molecule has 0 fully saturated rings. The summed E-state index contributed by atoms with van der Waals surface area (Å²) in [5.74, 6) is 0.646. The number of nitrogens with zero attached hydrogens (tertiary/aromatic N) is 1.